The van der Waals surface area contributed by atoms with E-state index in [1.165, 1.54) is 0 Å². The molecule has 74 valence electrons. The molecule has 4 nitrogen and oxygen atoms in total. The fraction of sp³-hybridized carbons (Fsp3) is 0.300. The number of methoxy groups -OCH3 is 1. The van der Waals surface area contributed by atoms with Gasteiger partial charge >= 0.3 is 0 Å². The molecule has 1 aromatic carbocycles. The van der Waals surface area contributed by atoms with Crippen LogP contribution in [0.3, 0.4) is 0 Å². The molecule has 1 aromatic rings. The van der Waals surface area contributed by atoms with Crippen molar-refractivity contribution in [3.63, 3.8) is 0 Å². The number of rotatable bonds is 5. The van der Waals surface area contributed by atoms with Crippen LogP contribution >= 0.6 is 0 Å². The molecule has 0 atom stereocenters. The van der Waals surface area contributed by atoms with Crippen molar-refractivity contribution in [3.05, 3.63) is 29.8 Å². The number of nitriles is 1. The van der Waals surface area contributed by atoms with Gasteiger partial charge in [0.2, 0.25) is 0 Å². The van der Waals surface area contributed by atoms with Crippen LogP contribution in [-0.4, -0.2) is 20.3 Å². The molecule has 0 aliphatic heterocycles. The third kappa shape index (κ3) is 3.44. The second-order valence-electron chi connectivity index (χ2n) is 2.74. The Hall–Kier alpha value is -1.57. The Morgan fingerprint density at radius 1 is 1.50 bits per heavy atom. The molecular weight excluding hydrogens is 178 g/mol. The van der Waals surface area contributed by atoms with Gasteiger partial charge in [0, 0.05) is 13.7 Å². The first-order valence-corrected chi connectivity index (χ1v) is 4.35. The van der Waals surface area contributed by atoms with Crippen LogP contribution in [0.25, 0.3) is 0 Å². The van der Waals surface area contributed by atoms with Crippen LogP contribution in [0.2, 0.25) is 0 Å². The zero-order valence-electron chi connectivity index (χ0n) is 8.08. The zero-order chi connectivity index (χ0) is 10.2. The van der Waals surface area contributed by atoms with E-state index in [0.717, 1.165) is 5.69 Å². The number of hydrazine groups is 1. The van der Waals surface area contributed by atoms with Gasteiger partial charge in [-0.1, -0.05) is 6.07 Å². The lowest BCUT2D eigenvalue weighted by molar-refractivity contribution is 0.201. The Morgan fingerprint density at radius 3 is 3.07 bits per heavy atom. The van der Waals surface area contributed by atoms with E-state index >= 15 is 0 Å². The van der Waals surface area contributed by atoms with Crippen LogP contribution in [0.5, 0.6) is 0 Å². The minimum Gasteiger partial charge on any atom is -0.383 e. The summed E-state index contributed by atoms with van der Waals surface area (Å²) in [6.07, 6.45) is 0. The summed E-state index contributed by atoms with van der Waals surface area (Å²) in [7, 11) is 1.65. The molecule has 0 aliphatic carbocycles. The number of anilines is 1. The first-order valence-electron chi connectivity index (χ1n) is 4.35. The maximum atomic E-state index is 8.65. The molecule has 14 heavy (non-hydrogen) atoms. The van der Waals surface area contributed by atoms with Crippen molar-refractivity contribution in [2.75, 3.05) is 25.7 Å². The molecule has 0 heterocycles. The number of hydrogen-bond donors (Lipinski definition) is 2. The highest BCUT2D eigenvalue weighted by Gasteiger charge is 1.92. The molecule has 0 amide bonds. The summed E-state index contributed by atoms with van der Waals surface area (Å²) < 4.78 is 4.87. The molecule has 0 aromatic heterocycles. The van der Waals surface area contributed by atoms with E-state index in [1.54, 1.807) is 19.2 Å². The molecule has 1 rings (SSSR count). The van der Waals surface area contributed by atoms with Crippen molar-refractivity contribution in [1.29, 1.82) is 5.26 Å². The van der Waals surface area contributed by atoms with Crippen LogP contribution in [0.1, 0.15) is 5.56 Å². The Kier molecular flexibility index (Phi) is 4.48. The van der Waals surface area contributed by atoms with E-state index in [4.69, 9.17) is 10.00 Å². The normalized spacial score (nSPS) is 9.43. The van der Waals surface area contributed by atoms with Gasteiger partial charge in [-0.3, -0.25) is 0 Å². The summed E-state index contributed by atoms with van der Waals surface area (Å²) in [6, 6.07) is 9.34. The standard InChI is InChI=1S/C10H13N3O/c1-14-6-5-12-13-10-4-2-3-9(7-10)8-11/h2-4,7,12-13H,5-6H2,1H3. The third-order valence-corrected chi connectivity index (χ3v) is 1.66. The number of hydrogen-bond acceptors (Lipinski definition) is 4. The van der Waals surface area contributed by atoms with Gasteiger partial charge in [-0.15, -0.1) is 0 Å². The van der Waals surface area contributed by atoms with Crippen LogP contribution in [-0.2, 0) is 4.74 Å². The monoisotopic (exact) mass is 191 g/mol. The Bertz CT molecular complexity index is 319. The van der Waals surface area contributed by atoms with Crippen molar-refractivity contribution in [3.8, 4) is 6.07 Å². The highest BCUT2D eigenvalue weighted by Crippen LogP contribution is 2.07. The summed E-state index contributed by atoms with van der Waals surface area (Å²) in [5.74, 6) is 0. The first kappa shape index (κ1) is 10.5. The topological polar surface area (TPSA) is 57.1 Å². The van der Waals surface area contributed by atoms with Crippen LogP contribution in [0, 0.1) is 11.3 Å². The summed E-state index contributed by atoms with van der Waals surface area (Å²) in [4.78, 5) is 0. The minimum absolute atomic E-state index is 0.642. The van der Waals surface area contributed by atoms with Gasteiger partial charge in [-0.25, -0.2) is 5.43 Å². The molecular formula is C10H13N3O. The van der Waals surface area contributed by atoms with Crippen LogP contribution in [0.15, 0.2) is 24.3 Å². The van der Waals surface area contributed by atoms with E-state index < -0.39 is 0 Å². The fourth-order valence-electron chi connectivity index (χ4n) is 0.984. The minimum atomic E-state index is 0.642. The van der Waals surface area contributed by atoms with Crippen LogP contribution < -0.4 is 10.9 Å². The molecule has 0 fully saturated rings. The lowest BCUT2D eigenvalue weighted by atomic mass is 10.2. The maximum Gasteiger partial charge on any atom is 0.0992 e. The average molecular weight is 191 g/mol. The first-order chi connectivity index (χ1) is 6.86. The number of ether oxygens (including phenoxy) is 1. The van der Waals surface area contributed by atoms with Gasteiger partial charge in [0.15, 0.2) is 0 Å². The summed E-state index contributed by atoms with van der Waals surface area (Å²) in [5.41, 5.74) is 7.46. The Balaban J connectivity index is 2.39. The number of nitrogens with one attached hydrogen (secondary N) is 2. The quantitative estimate of drug-likeness (QED) is 0.541. The van der Waals surface area contributed by atoms with E-state index in [2.05, 4.69) is 16.9 Å². The molecule has 0 radical (unpaired) electrons. The molecule has 0 unspecified atom stereocenters. The second kappa shape index (κ2) is 5.97. The number of benzene rings is 1. The predicted octanol–water partition coefficient (Wildman–Crippen LogP) is 1.12. The Morgan fingerprint density at radius 2 is 2.36 bits per heavy atom. The van der Waals surface area contributed by atoms with Gasteiger partial charge in [-0.05, 0) is 18.2 Å². The molecule has 0 aliphatic rings. The third-order valence-electron chi connectivity index (χ3n) is 1.66. The smallest absolute Gasteiger partial charge is 0.0992 e. The molecule has 0 bridgehead atoms. The van der Waals surface area contributed by atoms with Crippen molar-refractivity contribution in [2.45, 2.75) is 0 Å². The van der Waals surface area contributed by atoms with E-state index in [0.29, 0.717) is 18.7 Å². The van der Waals surface area contributed by atoms with Gasteiger partial charge in [0.25, 0.3) is 0 Å². The lowest BCUT2D eigenvalue weighted by Gasteiger charge is -2.07. The maximum absolute atomic E-state index is 8.65. The molecule has 2 N–H and O–H groups in total. The summed E-state index contributed by atoms with van der Waals surface area (Å²) in [6.45, 7) is 1.36. The van der Waals surface area contributed by atoms with Gasteiger partial charge in [0.05, 0.1) is 23.9 Å². The zero-order valence-corrected chi connectivity index (χ0v) is 8.08. The van der Waals surface area contributed by atoms with Gasteiger partial charge < -0.3 is 10.2 Å². The average Bonchev–Trinajstić information content (AvgIpc) is 2.25. The van der Waals surface area contributed by atoms with Crippen molar-refractivity contribution in [2.24, 2.45) is 0 Å². The predicted molar refractivity (Wildman–Crippen MR) is 54.7 cm³/mol. The molecule has 0 spiro atoms. The van der Waals surface area contributed by atoms with Crippen LogP contribution in [0.4, 0.5) is 5.69 Å². The van der Waals surface area contributed by atoms with E-state index in [1.807, 2.05) is 12.1 Å². The van der Waals surface area contributed by atoms with Crippen molar-refractivity contribution in [1.82, 2.24) is 5.43 Å². The summed E-state index contributed by atoms with van der Waals surface area (Å²) >= 11 is 0. The SMILES string of the molecule is COCCNNc1cccc(C#N)c1. The lowest BCUT2D eigenvalue weighted by Crippen LogP contribution is -2.25. The fourth-order valence-corrected chi connectivity index (χ4v) is 0.984. The van der Waals surface area contributed by atoms with Gasteiger partial charge in [0.1, 0.15) is 0 Å². The highest BCUT2D eigenvalue weighted by molar-refractivity contribution is 5.48. The largest absolute Gasteiger partial charge is 0.383 e. The number of nitrogens with zero attached hydrogens (tertiary/aromatic N) is 1. The molecule has 4 heteroatoms. The summed E-state index contributed by atoms with van der Waals surface area (Å²) in [5, 5.41) is 8.65. The second-order valence-corrected chi connectivity index (χ2v) is 2.74. The molecule has 0 saturated carbocycles. The highest BCUT2D eigenvalue weighted by atomic mass is 16.5. The Labute approximate surface area is 83.5 Å². The van der Waals surface area contributed by atoms with Crippen molar-refractivity contribution < 1.29 is 4.74 Å². The van der Waals surface area contributed by atoms with E-state index in [-0.39, 0.29) is 0 Å². The van der Waals surface area contributed by atoms with E-state index in [9.17, 15) is 0 Å². The van der Waals surface area contributed by atoms with Gasteiger partial charge in [-0.2, -0.15) is 5.26 Å². The van der Waals surface area contributed by atoms with Crippen molar-refractivity contribution >= 4 is 5.69 Å². The molecule has 0 saturated heterocycles.